The Morgan fingerprint density at radius 3 is 2.46 bits per heavy atom. The first-order valence-corrected chi connectivity index (χ1v) is 10.8. The molecule has 1 saturated heterocycles. The fourth-order valence-corrected chi connectivity index (χ4v) is 5.32. The zero-order chi connectivity index (χ0) is 20.7. The Bertz CT molecular complexity index is 970. The minimum atomic E-state index is -3.68. The number of aryl methyl sites for hydroxylation is 1. The van der Waals surface area contributed by atoms with Crippen LogP contribution in [0.3, 0.4) is 0 Å². The maximum atomic E-state index is 13.4. The van der Waals surface area contributed by atoms with Gasteiger partial charge in [-0.05, 0) is 69.2 Å². The minimum absolute atomic E-state index is 0.186. The number of aliphatic hydroxyl groups is 1. The lowest BCUT2D eigenvalue weighted by atomic mass is 9.99. The molecule has 0 spiro atoms. The highest BCUT2D eigenvalue weighted by Crippen LogP contribution is 2.29. The van der Waals surface area contributed by atoms with Crippen LogP contribution in [0, 0.1) is 12.7 Å². The molecule has 0 bridgehead atoms. The number of hydrogen-bond acceptors (Lipinski definition) is 4. The molecule has 28 heavy (non-hydrogen) atoms. The highest BCUT2D eigenvalue weighted by Gasteiger charge is 2.34. The summed E-state index contributed by atoms with van der Waals surface area (Å²) in [7, 11) is -3.68. The molecule has 0 saturated carbocycles. The number of anilines is 1. The van der Waals surface area contributed by atoms with E-state index in [1.807, 2.05) is 13.8 Å². The first-order chi connectivity index (χ1) is 13.0. The third-order valence-corrected chi connectivity index (χ3v) is 7.22. The maximum absolute atomic E-state index is 13.4. The molecule has 1 aliphatic rings. The topological polar surface area (TPSA) is 60.9 Å². The Morgan fingerprint density at radius 1 is 1.14 bits per heavy atom. The van der Waals surface area contributed by atoms with Crippen LogP contribution in [-0.2, 0) is 15.6 Å². The molecule has 1 fully saturated rings. The second-order valence-corrected chi connectivity index (χ2v) is 9.82. The monoisotopic (exact) mass is 406 g/mol. The Labute approximate surface area is 166 Å². The van der Waals surface area contributed by atoms with Crippen LogP contribution in [0.4, 0.5) is 10.1 Å². The summed E-state index contributed by atoms with van der Waals surface area (Å²) in [6.07, 6.45) is 0. The van der Waals surface area contributed by atoms with Crippen LogP contribution in [0.15, 0.2) is 47.4 Å². The van der Waals surface area contributed by atoms with Crippen molar-refractivity contribution < 1.29 is 17.9 Å². The first kappa shape index (κ1) is 20.8. The molecule has 0 amide bonds. The number of benzene rings is 2. The zero-order valence-corrected chi connectivity index (χ0v) is 17.5. The van der Waals surface area contributed by atoms with Gasteiger partial charge in [0.1, 0.15) is 5.82 Å². The molecular formula is C21H27FN2O3S. The molecule has 1 N–H and O–H groups in total. The normalized spacial score (nSPS) is 19.1. The molecule has 2 aromatic rings. The summed E-state index contributed by atoms with van der Waals surface area (Å²) in [6, 6.07) is 10.9. The standard InChI is InChI=1S/C21H27FN2O3S/c1-15-12-18(22)8-9-20(15)23-10-11-24(16(2)14-23)28(26,27)19-7-5-6-17(13-19)21(3,4)25/h5-9,12-13,16,25H,10-11,14H2,1-4H3/t16-/m1/s1. The summed E-state index contributed by atoms with van der Waals surface area (Å²) in [5.74, 6) is -0.276. The Balaban J connectivity index is 1.84. The number of halogens is 1. The van der Waals surface area contributed by atoms with Crippen LogP contribution in [-0.4, -0.2) is 43.5 Å². The second-order valence-electron chi connectivity index (χ2n) is 7.93. The zero-order valence-electron chi connectivity index (χ0n) is 16.7. The van der Waals surface area contributed by atoms with Crippen molar-refractivity contribution in [3.05, 3.63) is 59.4 Å². The van der Waals surface area contributed by atoms with Crippen molar-refractivity contribution in [3.8, 4) is 0 Å². The van der Waals surface area contributed by atoms with Crippen LogP contribution in [0.2, 0.25) is 0 Å². The van der Waals surface area contributed by atoms with E-state index in [-0.39, 0.29) is 16.8 Å². The van der Waals surface area contributed by atoms with Gasteiger partial charge in [0.25, 0.3) is 0 Å². The maximum Gasteiger partial charge on any atom is 0.243 e. The minimum Gasteiger partial charge on any atom is -0.386 e. The third-order valence-electron chi connectivity index (χ3n) is 5.21. The van der Waals surface area contributed by atoms with E-state index in [1.54, 1.807) is 44.2 Å². The van der Waals surface area contributed by atoms with Gasteiger partial charge in [-0.25, -0.2) is 12.8 Å². The van der Waals surface area contributed by atoms with Crippen molar-refractivity contribution in [2.75, 3.05) is 24.5 Å². The molecule has 0 aliphatic carbocycles. The van der Waals surface area contributed by atoms with Crippen molar-refractivity contribution in [2.24, 2.45) is 0 Å². The fraction of sp³-hybridized carbons (Fsp3) is 0.429. The smallest absolute Gasteiger partial charge is 0.243 e. The van der Waals surface area contributed by atoms with Gasteiger partial charge in [-0.3, -0.25) is 0 Å². The lowest BCUT2D eigenvalue weighted by Crippen LogP contribution is -2.54. The number of sulfonamides is 1. The van der Waals surface area contributed by atoms with Gasteiger partial charge in [0.05, 0.1) is 10.5 Å². The van der Waals surface area contributed by atoms with Gasteiger partial charge in [-0.15, -0.1) is 0 Å². The number of nitrogens with zero attached hydrogens (tertiary/aromatic N) is 2. The summed E-state index contributed by atoms with van der Waals surface area (Å²) >= 11 is 0. The van der Waals surface area contributed by atoms with E-state index >= 15 is 0 Å². The Hall–Kier alpha value is -1.96. The Kier molecular flexibility index (Phi) is 5.53. The van der Waals surface area contributed by atoms with E-state index < -0.39 is 15.6 Å². The molecule has 1 atom stereocenters. The predicted octanol–water partition coefficient (Wildman–Crippen LogP) is 3.26. The van der Waals surface area contributed by atoms with E-state index in [0.29, 0.717) is 25.2 Å². The van der Waals surface area contributed by atoms with Gasteiger partial charge in [-0.2, -0.15) is 4.31 Å². The molecule has 1 heterocycles. The van der Waals surface area contributed by atoms with E-state index in [2.05, 4.69) is 4.90 Å². The van der Waals surface area contributed by atoms with Crippen LogP contribution < -0.4 is 4.90 Å². The number of piperazine rings is 1. The average Bonchev–Trinajstić information content (AvgIpc) is 2.61. The third kappa shape index (κ3) is 4.06. The predicted molar refractivity (Wildman–Crippen MR) is 108 cm³/mol. The van der Waals surface area contributed by atoms with E-state index in [4.69, 9.17) is 0 Å². The summed E-state index contributed by atoms with van der Waals surface area (Å²) < 4.78 is 41.3. The average molecular weight is 407 g/mol. The van der Waals surface area contributed by atoms with Gasteiger partial charge < -0.3 is 10.0 Å². The van der Waals surface area contributed by atoms with Gasteiger partial charge in [0.2, 0.25) is 10.0 Å². The van der Waals surface area contributed by atoms with E-state index in [0.717, 1.165) is 11.3 Å². The SMILES string of the molecule is Cc1cc(F)ccc1N1CCN(S(=O)(=O)c2cccc(C(C)(C)O)c2)[C@H](C)C1. The van der Waals surface area contributed by atoms with Crippen molar-refractivity contribution in [2.45, 2.75) is 44.2 Å². The van der Waals surface area contributed by atoms with E-state index in [1.165, 1.54) is 16.4 Å². The van der Waals surface area contributed by atoms with Crippen molar-refractivity contribution in [1.82, 2.24) is 4.31 Å². The molecule has 7 heteroatoms. The molecule has 0 unspecified atom stereocenters. The van der Waals surface area contributed by atoms with Crippen molar-refractivity contribution in [1.29, 1.82) is 0 Å². The molecular weight excluding hydrogens is 379 g/mol. The van der Waals surface area contributed by atoms with Crippen LogP contribution in [0.1, 0.15) is 31.9 Å². The molecule has 0 radical (unpaired) electrons. The highest BCUT2D eigenvalue weighted by atomic mass is 32.2. The summed E-state index contributed by atoms with van der Waals surface area (Å²) in [5, 5.41) is 10.2. The van der Waals surface area contributed by atoms with E-state index in [9.17, 15) is 17.9 Å². The quantitative estimate of drug-likeness (QED) is 0.847. The van der Waals surface area contributed by atoms with Gasteiger partial charge in [0, 0.05) is 31.4 Å². The lowest BCUT2D eigenvalue weighted by molar-refractivity contribution is 0.0783. The van der Waals surface area contributed by atoms with Crippen LogP contribution in [0.25, 0.3) is 0 Å². The van der Waals surface area contributed by atoms with Crippen LogP contribution in [0.5, 0.6) is 0 Å². The second kappa shape index (κ2) is 7.46. The highest BCUT2D eigenvalue weighted by molar-refractivity contribution is 7.89. The van der Waals surface area contributed by atoms with Crippen LogP contribution >= 0.6 is 0 Å². The van der Waals surface area contributed by atoms with Crippen molar-refractivity contribution >= 4 is 15.7 Å². The molecule has 152 valence electrons. The fourth-order valence-electron chi connectivity index (χ4n) is 3.66. The summed E-state index contributed by atoms with van der Waals surface area (Å²) in [5.41, 5.74) is 1.20. The molecule has 3 rings (SSSR count). The largest absolute Gasteiger partial charge is 0.386 e. The molecule has 5 nitrogen and oxygen atoms in total. The summed E-state index contributed by atoms with van der Waals surface area (Å²) in [4.78, 5) is 2.28. The first-order valence-electron chi connectivity index (χ1n) is 9.36. The Morgan fingerprint density at radius 2 is 1.86 bits per heavy atom. The van der Waals surface area contributed by atoms with Gasteiger partial charge in [0.15, 0.2) is 0 Å². The molecule has 1 aliphatic heterocycles. The lowest BCUT2D eigenvalue weighted by Gasteiger charge is -2.40. The number of hydrogen-bond donors (Lipinski definition) is 1. The summed E-state index contributed by atoms with van der Waals surface area (Å²) in [6.45, 7) is 8.39. The van der Waals surface area contributed by atoms with Gasteiger partial charge >= 0.3 is 0 Å². The number of rotatable bonds is 4. The van der Waals surface area contributed by atoms with Crippen molar-refractivity contribution in [3.63, 3.8) is 0 Å². The van der Waals surface area contributed by atoms with Gasteiger partial charge in [-0.1, -0.05) is 12.1 Å². The molecule has 2 aromatic carbocycles. The molecule has 0 aromatic heterocycles.